The molecule has 1 amide bonds. The van der Waals surface area contributed by atoms with Crippen LogP contribution < -0.4 is 0 Å². The lowest BCUT2D eigenvalue weighted by Crippen LogP contribution is -2.40. The lowest BCUT2D eigenvalue weighted by molar-refractivity contribution is -0.148. The lowest BCUT2D eigenvalue weighted by atomic mass is 10.1. The van der Waals surface area contributed by atoms with Gasteiger partial charge in [0.2, 0.25) is 5.91 Å². The number of carboxylic acid groups (broad SMARTS) is 1. The normalized spacial score (nSPS) is 19.9. The van der Waals surface area contributed by atoms with Crippen LogP contribution in [0.25, 0.3) is 0 Å². The second-order valence-corrected chi connectivity index (χ2v) is 7.77. The highest BCUT2D eigenvalue weighted by Crippen LogP contribution is 2.20. The second kappa shape index (κ2) is 15.3. The van der Waals surface area contributed by atoms with Gasteiger partial charge < -0.3 is 15.1 Å². The molecule has 160 valence electrons. The number of likely N-dealkylation sites (tertiary alicyclic amines) is 1. The molecule has 1 aliphatic rings. The Kier molecular flexibility index (Phi) is 13.4. The number of carbonyl (C=O) groups excluding carboxylic acids is 1. The molecule has 0 radical (unpaired) electrons. The Morgan fingerprint density at radius 3 is 2.18 bits per heavy atom. The molecule has 0 aromatic rings. The van der Waals surface area contributed by atoms with E-state index in [0.29, 0.717) is 6.42 Å². The van der Waals surface area contributed by atoms with Crippen molar-refractivity contribution in [3.63, 3.8) is 0 Å². The zero-order valence-electron chi connectivity index (χ0n) is 17.5. The molecule has 1 fully saturated rings. The minimum absolute atomic E-state index is 0.142. The van der Waals surface area contributed by atoms with Crippen LogP contribution in [0, 0.1) is 0 Å². The Morgan fingerprint density at radius 1 is 0.929 bits per heavy atom. The van der Waals surface area contributed by atoms with Gasteiger partial charge in [0, 0.05) is 19.4 Å². The molecular formula is C23H39NO4. The standard InChI is InChI=1S/C23H39NO4/c1-2-3-4-5-6-7-8-9-10-11-12-13-14-15-16-17-22(26)24-19-20(25)18-21(24)23(27)28/h6-7,9-10,20-21,25H,2-5,8,11-19H2,1H3,(H,27,28)/b7-6+,10-9+/t20?,21-/m0/s1. The van der Waals surface area contributed by atoms with E-state index in [0.717, 1.165) is 38.5 Å². The van der Waals surface area contributed by atoms with Gasteiger partial charge >= 0.3 is 5.97 Å². The highest BCUT2D eigenvalue weighted by atomic mass is 16.4. The molecule has 2 N–H and O–H groups in total. The topological polar surface area (TPSA) is 77.8 Å². The molecule has 1 saturated heterocycles. The van der Waals surface area contributed by atoms with E-state index in [9.17, 15) is 14.7 Å². The smallest absolute Gasteiger partial charge is 0.326 e. The molecule has 1 aliphatic heterocycles. The highest BCUT2D eigenvalue weighted by molar-refractivity contribution is 5.84. The van der Waals surface area contributed by atoms with Gasteiger partial charge in [-0.15, -0.1) is 0 Å². The fraction of sp³-hybridized carbons (Fsp3) is 0.739. The average Bonchev–Trinajstić information content (AvgIpc) is 3.07. The summed E-state index contributed by atoms with van der Waals surface area (Å²) < 4.78 is 0. The molecule has 0 bridgehead atoms. The first-order chi connectivity index (χ1) is 13.6. The van der Waals surface area contributed by atoms with E-state index in [1.807, 2.05) is 0 Å². The third kappa shape index (κ3) is 10.6. The van der Waals surface area contributed by atoms with E-state index in [-0.39, 0.29) is 18.9 Å². The molecule has 0 aromatic carbocycles. The molecular weight excluding hydrogens is 354 g/mol. The van der Waals surface area contributed by atoms with Crippen molar-refractivity contribution in [1.29, 1.82) is 0 Å². The highest BCUT2D eigenvalue weighted by Gasteiger charge is 2.38. The molecule has 1 rings (SSSR count). The Morgan fingerprint density at radius 2 is 1.54 bits per heavy atom. The maximum atomic E-state index is 12.2. The predicted octanol–water partition coefficient (Wildman–Crippen LogP) is 4.85. The second-order valence-electron chi connectivity index (χ2n) is 7.77. The van der Waals surface area contributed by atoms with Crippen molar-refractivity contribution in [3.8, 4) is 0 Å². The number of aliphatic hydroxyl groups is 1. The van der Waals surface area contributed by atoms with E-state index in [4.69, 9.17) is 5.11 Å². The Bertz CT molecular complexity index is 501. The van der Waals surface area contributed by atoms with Gasteiger partial charge in [-0.05, 0) is 38.5 Å². The van der Waals surface area contributed by atoms with Crippen molar-refractivity contribution < 1.29 is 19.8 Å². The van der Waals surface area contributed by atoms with Gasteiger partial charge in [0.05, 0.1) is 6.10 Å². The number of carbonyl (C=O) groups is 2. The van der Waals surface area contributed by atoms with Crippen molar-refractivity contribution >= 4 is 11.9 Å². The molecule has 1 heterocycles. The van der Waals surface area contributed by atoms with Gasteiger partial charge in [-0.1, -0.05) is 63.3 Å². The number of nitrogens with zero attached hydrogens (tertiary/aromatic N) is 1. The van der Waals surface area contributed by atoms with Crippen LogP contribution in [0.4, 0.5) is 0 Å². The number of rotatable bonds is 15. The first-order valence-electron chi connectivity index (χ1n) is 11.1. The van der Waals surface area contributed by atoms with Crippen LogP contribution in [0.5, 0.6) is 0 Å². The summed E-state index contributed by atoms with van der Waals surface area (Å²) in [7, 11) is 0. The molecule has 0 aromatic heterocycles. The number of carboxylic acids is 1. The minimum atomic E-state index is -1.02. The summed E-state index contributed by atoms with van der Waals surface area (Å²) in [4.78, 5) is 24.7. The summed E-state index contributed by atoms with van der Waals surface area (Å²) in [5.41, 5.74) is 0. The van der Waals surface area contributed by atoms with Crippen LogP contribution in [0.3, 0.4) is 0 Å². The third-order valence-electron chi connectivity index (χ3n) is 5.23. The van der Waals surface area contributed by atoms with Crippen LogP contribution in [0.15, 0.2) is 24.3 Å². The minimum Gasteiger partial charge on any atom is -0.480 e. The van der Waals surface area contributed by atoms with Gasteiger partial charge in [0.1, 0.15) is 6.04 Å². The van der Waals surface area contributed by atoms with Gasteiger partial charge in [-0.25, -0.2) is 4.79 Å². The zero-order chi connectivity index (χ0) is 20.6. The summed E-state index contributed by atoms with van der Waals surface area (Å²) in [5.74, 6) is -1.17. The van der Waals surface area contributed by atoms with Crippen LogP contribution in [0.2, 0.25) is 0 Å². The molecule has 5 nitrogen and oxygen atoms in total. The van der Waals surface area contributed by atoms with Crippen LogP contribution >= 0.6 is 0 Å². The fourth-order valence-corrected chi connectivity index (χ4v) is 3.55. The number of hydrogen-bond donors (Lipinski definition) is 2. The number of aliphatic hydroxyl groups excluding tert-OH is 1. The number of β-amino-alcohol motifs (C(OH)–C–C–N with tert-alkyl or cyclic N) is 1. The van der Waals surface area contributed by atoms with Crippen molar-refractivity contribution in [2.45, 2.75) is 103 Å². The van der Waals surface area contributed by atoms with Crippen molar-refractivity contribution in [1.82, 2.24) is 4.90 Å². The number of allylic oxidation sites excluding steroid dienone is 4. The predicted molar refractivity (Wildman–Crippen MR) is 113 cm³/mol. The van der Waals surface area contributed by atoms with E-state index in [1.54, 1.807) is 0 Å². The summed E-state index contributed by atoms with van der Waals surface area (Å²) in [6.45, 7) is 2.37. The largest absolute Gasteiger partial charge is 0.480 e. The van der Waals surface area contributed by atoms with Crippen LogP contribution in [0.1, 0.15) is 90.4 Å². The molecule has 0 aliphatic carbocycles. The summed E-state index contributed by atoms with van der Waals surface area (Å²) >= 11 is 0. The number of amides is 1. The van der Waals surface area contributed by atoms with Crippen LogP contribution in [-0.4, -0.2) is 45.7 Å². The summed E-state index contributed by atoms with van der Waals surface area (Å²) in [6, 6.07) is -0.861. The fourth-order valence-electron chi connectivity index (χ4n) is 3.55. The van der Waals surface area contributed by atoms with E-state index in [2.05, 4.69) is 31.2 Å². The van der Waals surface area contributed by atoms with Gasteiger partial charge in [0.25, 0.3) is 0 Å². The van der Waals surface area contributed by atoms with Gasteiger partial charge in [0.15, 0.2) is 0 Å². The molecule has 28 heavy (non-hydrogen) atoms. The maximum absolute atomic E-state index is 12.2. The van der Waals surface area contributed by atoms with Crippen LogP contribution in [-0.2, 0) is 9.59 Å². The van der Waals surface area contributed by atoms with E-state index in [1.165, 1.54) is 37.0 Å². The SMILES string of the molecule is CCCCC/C=C/C/C=C/CCCCCCCC(=O)N1CC(O)C[C@H]1C(=O)O. The van der Waals surface area contributed by atoms with Crippen molar-refractivity contribution in [2.75, 3.05) is 6.54 Å². The summed E-state index contributed by atoms with van der Waals surface area (Å²) in [5, 5.41) is 18.7. The summed E-state index contributed by atoms with van der Waals surface area (Å²) in [6.07, 6.45) is 21.2. The third-order valence-corrected chi connectivity index (χ3v) is 5.23. The number of hydrogen-bond acceptors (Lipinski definition) is 3. The number of unbranched alkanes of at least 4 members (excludes halogenated alkanes) is 8. The van der Waals surface area contributed by atoms with E-state index < -0.39 is 18.1 Å². The Balaban J connectivity index is 1.98. The first-order valence-corrected chi connectivity index (χ1v) is 11.1. The number of aliphatic carboxylic acids is 1. The van der Waals surface area contributed by atoms with Crippen molar-refractivity contribution in [2.24, 2.45) is 0 Å². The molecule has 0 spiro atoms. The van der Waals surface area contributed by atoms with Gasteiger partial charge in [-0.2, -0.15) is 0 Å². The molecule has 0 saturated carbocycles. The Labute approximate surface area is 170 Å². The molecule has 5 heteroatoms. The maximum Gasteiger partial charge on any atom is 0.326 e. The van der Waals surface area contributed by atoms with Crippen molar-refractivity contribution in [3.05, 3.63) is 24.3 Å². The average molecular weight is 394 g/mol. The Hall–Kier alpha value is -1.62. The quantitative estimate of drug-likeness (QED) is 0.308. The lowest BCUT2D eigenvalue weighted by Gasteiger charge is -2.21. The van der Waals surface area contributed by atoms with E-state index >= 15 is 0 Å². The van der Waals surface area contributed by atoms with Gasteiger partial charge in [-0.3, -0.25) is 4.79 Å². The zero-order valence-corrected chi connectivity index (χ0v) is 17.5. The molecule has 1 unspecified atom stereocenters. The molecule has 2 atom stereocenters. The monoisotopic (exact) mass is 393 g/mol. The first kappa shape index (κ1) is 24.4.